The third-order valence-corrected chi connectivity index (χ3v) is 10.8. The van der Waals surface area contributed by atoms with Gasteiger partial charge < -0.3 is 28.6 Å². The smallest absolute Gasteiger partial charge is 0.306 e. The summed E-state index contributed by atoms with van der Waals surface area (Å²) in [7, 11) is 5.38. The number of carboxylic acids is 1. The number of ether oxygens (including phenoxy) is 3. The van der Waals surface area contributed by atoms with Crippen molar-refractivity contribution < 1.29 is 38.2 Å². The van der Waals surface area contributed by atoms with Crippen molar-refractivity contribution in [2.45, 2.75) is 193 Å². The lowest BCUT2D eigenvalue weighted by Gasteiger charge is -2.34. The number of likely N-dealkylation sites (N-methyl/N-ethyl adjacent to an activating group) is 1. The first-order valence-electron chi connectivity index (χ1n) is 26.1. The molecule has 0 aliphatic heterocycles. The molecule has 0 spiro atoms. The lowest BCUT2D eigenvalue weighted by Crippen LogP contribution is -2.55. The van der Waals surface area contributed by atoms with Crippen molar-refractivity contribution in [2.75, 3.05) is 41.0 Å². The number of hydrogen-bond donors (Lipinski definition) is 0. The summed E-state index contributed by atoms with van der Waals surface area (Å²) in [6.45, 7) is 4.36. The van der Waals surface area contributed by atoms with E-state index in [1.807, 2.05) is 0 Å². The Hall–Kier alpha value is -4.27. The summed E-state index contributed by atoms with van der Waals surface area (Å²) < 4.78 is 17.2. The van der Waals surface area contributed by atoms with Crippen LogP contribution in [0.15, 0.2) is 122 Å². The van der Waals surface area contributed by atoms with Crippen LogP contribution in [0.3, 0.4) is 0 Å². The Morgan fingerprint density at radius 2 is 0.806 bits per heavy atom. The number of rotatable bonds is 45. The molecule has 0 aromatic heterocycles. The van der Waals surface area contributed by atoms with Crippen LogP contribution in [0.2, 0.25) is 0 Å². The first-order chi connectivity index (χ1) is 32.6. The first kappa shape index (κ1) is 62.7. The summed E-state index contributed by atoms with van der Waals surface area (Å²) in [5, 5.41) is 11.7. The summed E-state index contributed by atoms with van der Waals surface area (Å²) in [5.74, 6) is -1.83. The fraction of sp³-hybridized carbons (Fsp3) is 0.610. The van der Waals surface area contributed by atoms with Crippen molar-refractivity contribution in [3.63, 3.8) is 0 Å². The SMILES string of the molecule is CC/C=C/C/C=C/C/C=C/C/C=C/C/C=C/C/C=C/C/C=C/CCCC(=O)OC(COCCC(C(=O)[O-])[N+](C)(C)C)COC(=O)CCCCCCCCCCCC/C=C/C/C=C/C/C=C/CC. The van der Waals surface area contributed by atoms with Gasteiger partial charge >= 0.3 is 11.9 Å². The molecule has 0 aromatic rings. The van der Waals surface area contributed by atoms with E-state index in [2.05, 4.69) is 135 Å². The maximum absolute atomic E-state index is 12.8. The maximum Gasteiger partial charge on any atom is 0.306 e. The molecule has 0 saturated heterocycles. The van der Waals surface area contributed by atoms with Gasteiger partial charge in [0.2, 0.25) is 0 Å². The lowest BCUT2D eigenvalue weighted by atomic mass is 10.1. The van der Waals surface area contributed by atoms with Crippen molar-refractivity contribution >= 4 is 17.9 Å². The molecule has 2 unspecified atom stereocenters. The van der Waals surface area contributed by atoms with E-state index in [-0.39, 0.29) is 49.1 Å². The molecule has 0 aliphatic rings. The summed E-state index contributed by atoms with van der Waals surface area (Å²) in [6.07, 6.45) is 68.1. The van der Waals surface area contributed by atoms with Gasteiger partial charge in [0.15, 0.2) is 6.10 Å². The Labute approximate surface area is 410 Å². The van der Waals surface area contributed by atoms with Crippen LogP contribution in [-0.4, -0.2) is 75.5 Å². The van der Waals surface area contributed by atoms with Crippen molar-refractivity contribution in [1.82, 2.24) is 0 Å². The first-order valence-corrected chi connectivity index (χ1v) is 26.1. The number of allylic oxidation sites excluding steroid dienone is 20. The minimum absolute atomic E-state index is 0.00822. The van der Waals surface area contributed by atoms with E-state index in [0.717, 1.165) is 89.9 Å². The predicted molar refractivity (Wildman–Crippen MR) is 281 cm³/mol. The highest BCUT2D eigenvalue weighted by atomic mass is 16.6. The highest BCUT2D eigenvalue weighted by Crippen LogP contribution is 2.14. The molecule has 0 N–H and O–H groups in total. The molecule has 0 radical (unpaired) electrons. The highest BCUT2D eigenvalue weighted by Gasteiger charge is 2.25. The molecule has 378 valence electrons. The molecule has 2 atom stereocenters. The highest BCUT2D eigenvalue weighted by molar-refractivity contribution is 5.70. The third-order valence-electron chi connectivity index (χ3n) is 10.8. The number of esters is 2. The van der Waals surface area contributed by atoms with E-state index in [1.54, 1.807) is 21.1 Å². The zero-order valence-corrected chi connectivity index (χ0v) is 43.0. The largest absolute Gasteiger partial charge is 0.544 e. The molecule has 67 heavy (non-hydrogen) atoms. The summed E-state index contributed by atoms with van der Waals surface area (Å²) in [4.78, 5) is 37.1. The van der Waals surface area contributed by atoms with Crippen LogP contribution in [0.25, 0.3) is 0 Å². The number of unbranched alkanes of at least 4 members (excludes halogenated alkanes) is 11. The van der Waals surface area contributed by atoms with Crippen LogP contribution in [0.1, 0.15) is 181 Å². The van der Waals surface area contributed by atoms with Gasteiger partial charge in [0, 0.05) is 19.3 Å². The topological polar surface area (TPSA) is 102 Å². The van der Waals surface area contributed by atoms with E-state index in [4.69, 9.17) is 14.2 Å². The van der Waals surface area contributed by atoms with Crippen molar-refractivity contribution in [1.29, 1.82) is 0 Å². The van der Waals surface area contributed by atoms with E-state index < -0.39 is 18.1 Å². The summed E-state index contributed by atoms with van der Waals surface area (Å²) in [5.41, 5.74) is 0. The van der Waals surface area contributed by atoms with Gasteiger partial charge in [-0.15, -0.1) is 0 Å². The molecule has 0 amide bonds. The van der Waals surface area contributed by atoms with Crippen LogP contribution in [-0.2, 0) is 28.6 Å². The number of quaternary nitrogens is 1. The molecule has 0 fully saturated rings. The van der Waals surface area contributed by atoms with Gasteiger partial charge in [-0.25, -0.2) is 0 Å². The quantitative estimate of drug-likeness (QED) is 0.0259. The number of carboxylic acid groups (broad SMARTS) is 1. The average Bonchev–Trinajstić information content (AvgIpc) is 3.29. The lowest BCUT2D eigenvalue weighted by molar-refractivity contribution is -0.889. The molecule has 8 heteroatoms. The number of carbonyl (C=O) groups is 3. The van der Waals surface area contributed by atoms with Crippen molar-refractivity contribution in [2.24, 2.45) is 0 Å². The van der Waals surface area contributed by atoms with Crippen LogP contribution in [0, 0.1) is 0 Å². The number of aliphatic carboxylic acids is 1. The van der Waals surface area contributed by atoms with Crippen LogP contribution >= 0.6 is 0 Å². The van der Waals surface area contributed by atoms with Gasteiger partial charge in [0.05, 0.1) is 40.3 Å². The third kappa shape index (κ3) is 46.6. The number of nitrogens with zero attached hydrogens (tertiary/aromatic N) is 1. The molecule has 0 aromatic carbocycles. The van der Waals surface area contributed by atoms with E-state index in [9.17, 15) is 19.5 Å². The molecule has 0 rings (SSSR count). The summed E-state index contributed by atoms with van der Waals surface area (Å²) in [6, 6.07) is -0.745. The Morgan fingerprint density at radius 3 is 1.21 bits per heavy atom. The molecule has 0 aliphatic carbocycles. The van der Waals surface area contributed by atoms with Gasteiger partial charge in [-0.2, -0.15) is 0 Å². The Morgan fingerprint density at radius 1 is 0.448 bits per heavy atom. The Balaban J connectivity index is 4.38. The molecular weight excluding hydrogens is 835 g/mol. The monoisotopic (exact) mass is 930 g/mol. The minimum atomic E-state index is -1.14. The van der Waals surface area contributed by atoms with Gasteiger partial charge in [-0.05, 0) is 96.3 Å². The van der Waals surface area contributed by atoms with Gasteiger partial charge in [0.1, 0.15) is 12.6 Å². The molecule has 0 heterocycles. The Kier molecular flexibility index (Phi) is 45.1. The fourth-order valence-corrected chi connectivity index (χ4v) is 6.90. The second-order valence-corrected chi connectivity index (χ2v) is 18.0. The van der Waals surface area contributed by atoms with Gasteiger partial charge in [0.25, 0.3) is 0 Å². The van der Waals surface area contributed by atoms with Gasteiger partial charge in [-0.1, -0.05) is 187 Å². The van der Waals surface area contributed by atoms with E-state index >= 15 is 0 Å². The zero-order valence-electron chi connectivity index (χ0n) is 43.0. The standard InChI is InChI=1S/C59H95NO7/c1-6-8-10-12-14-16-18-20-22-24-26-28-29-30-32-34-36-38-40-42-44-46-48-50-58(62)67-55(53-65-52-51-56(59(63)64)60(3,4)5)54-66-57(61)49-47-45-43-41-39-37-35-33-31-27-25-23-21-19-17-15-13-11-9-7-2/h8-11,14-17,20-23,26,28,30,32,36,38,42,44,55-56H,6-7,12-13,18-19,24-25,27,29,31,33-35,37,39-41,43,45-54H2,1-5H3/b10-8+,11-9+,16-14+,17-15+,22-20+,23-21+,28-26+,32-30+,38-36+,44-42+. The van der Waals surface area contributed by atoms with Crippen LogP contribution < -0.4 is 5.11 Å². The Bertz CT molecular complexity index is 1500. The van der Waals surface area contributed by atoms with E-state index in [0.29, 0.717) is 12.8 Å². The van der Waals surface area contributed by atoms with Crippen LogP contribution in [0.5, 0.6) is 0 Å². The maximum atomic E-state index is 12.8. The fourth-order valence-electron chi connectivity index (χ4n) is 6.90. The normalized spacial score (nSPS) is 13.9. The average molecular weight is 930 g/mol. The van der Waals surface area contributed by atoms with Crippen LogP contribution in [0.4, 0.5) is 0 Å². The summed E-state index contributed by atoms with van der Waals surface area (Å²) >= 11 is 0. The van der Waals surface area contributed by atoms with Gasteiger partial charge in [-0.3, -0.25) is 9.59 Å². The second-order valence-electron chi connectivity index (χ2n) is 18.0. The number of hydrogen-bond acceptors (Lipinski definition) is 7. The van der Waals surface area contributed by atoms with Crippen molar-refractivity contribution in [3.05, 3.63) is 122 Å². The second kappa shape index (κ2) is 48.2. The van der Waals surface area contributed by atoms with E-state index in [1.165, 1.54) is 51.4 Å². The predicted octanol–water partition coefficient (Wildman–Crippen LogP) is 14.0. The minimum Gasteiger partial charge on any atom is -0.544 e. The molecule has 0 bridgehead atoms. The van der Waals surface area contributed by atoms with Crippen molar-refractivity contribution in [3.8, 4) is 0 Å². The number of carbonyl (C=O) groups excluding carboxylic acids is 3. The molecule has 8 nitrogen and oxygen atoms in total. The molecule has 0 saturated carbocycles. The zero-order chi connectivity index (χ0) is 49.2. The molecular formula is C59H95NO7.